The van der Waals surface area contributed by atoms with Gasteiger partial charge in [0.15, 0.2) is 10.6 Å². The number of hydrogen-bond acceptors (Lipinski definition) is 5. The standard InChI is InChI=1S/C7H10N4O3S/c8-5(6(12)13)11-7(9)15(10)4-2-1-3-14-4/h1-3,7,10H,9H2,(H2,8,11)(H,12,13). The zero-order valence-electron chi connectivity index (χ0n) is 7.58. The van der Waals surface area contributed by atoms with Gasteiger partial charge in [-0.2, -0.15) is 0 Å². The third kappa shape index (κ3) is 2.89. The van der Waals surface area contributed by atoms with E-state index in [9.17, 15) is 4.79 Å². The van der Waals surface area contributed by atoms with E-state index >= 15 is 0 Å². The number of aliphatic imine (C=N–C) groups is 1. The van der Waals surface area contributed by atoms with Crippen LogP contribution in [0.5, 0.6) is 0 Å². The van der Waals surface area contributed by atoms with Gasteiger partial charge in [-0.1, -0.05) is 0 Å². The first kappa shape index (κ1) is 11.4. The van der Waals surface area contributed by atoms with Gasteiger partial charge in [-0.25, -0.2) is 9.79 Å². The van der Waals surface area contributed by atoms with Gasteiger partial charge >= 0.3 is 5.97 Å². The summed E-state index contributed by atoms with van der Waals surface area (Å²) in [5.74, 6) is -1.97. The molecular weight excluding hydrogens is 220 g/mol. The van der Waals surface area contributed by atoms with Crippen molar-refractivity contribution >= 4 is 22.5 Å². The monoisotopic (exact) mass is 230 g/mol. The molecule has 0 bridgehead atoms. The molecule has 0 aliphatic rings. The topological polar surface area (TPSA) is 139 Å². The van der Waals surface area contributed by atoms with Crippen molar-refractivity contribution in [3.05, 3.63) is 18.4 Å². The number of carboxylic acid groups (broad SMARTS) is 1. The maximum atomic E-state index is 10.4. The quantitative estimate of drug-likeness (QED) is 0.417. The van der Waals surface area contributed by atoms with Crippen molar-refractivity contribution in [2.45, 2.75) is 10.6 Å². The van der Waals surface area contributed by atoms with Crippen LogP contribution in [0.2, 0.25) is 0 Å². The molecule has 7 nitrogen and oxygen atoms in total. The van der Waals surface area contributed by atoms with Crippen molar-refractivity contribution in [3.8, 4) is 0 Å². The van der Waals surface area contributed by atoms with E-state index in [2.05, 4.69) is 4.99 Å². The Balaban J connectivity index is 2.78. The van der Waals surface area contributed by atoms with Crippen LogP contribution in [0, 0.1) is 4.78 Å². The lowest BCUT2D eigenvalue weighted by molar-refractivity contribution is -0.129. The fourth-order valence-electron chi connectivity index (χ4n) is 0.753. The molecule has 0 saturated heterocycles. The van der Waals surface area contributed by atoms with Gasteiger partial charge < -0.3 is 15.3 Å². The summed E-state index contributed by atoms with van der Waals surface area (Å²) in [6.07, 6.45) is 1.40. The second kappa shape index (κ2) is 4.71. The fraction of sp³-hybridized carbons (Fsp3) is 0.143. The van der Waals surface area contributed by atoms with Crippen molar-refractivity contribution in [2.75, 3.05) is 0 Å². The van der Waals surface area contributed by atoms with Gasteiger partial charge in [0, 0.05) is 10.7 Å². The predicted octanol–water partition coefficient (Wildman–Crippen LogP) is -0.297. The Labute approximate surface area is 87.7 Å². The van der Waals surface area contributed by atoms with E-state index in [-0.39, 0.29) is 0 Å². The van der Waals surface area contributed by atoms with Gasteiger partial charge in [0.2, 0.25) is 5.84 Å². The number of aliphatic carboxylic acids is 1. The first-order valence-electron chi connectivity index (χ1n) is 3.82. The summed E-state index contributed by atoms with van der Waals surface area (Å²) in [5, 5.41) is 8.79. The Bertz CT molecular complexity index is 400. The highest BCUT2D eigenvalue weighted by Gasteiger charge is 2.13. The molecule has 0 aliphatic carbocycles. The molecule has 0 spiro atoms. The SMILES string of the molecule is N=S(c1ccco1)C(N)/N=C(\N)C(=O)O. The molecule has 0 fully saturated rings. The van der Waals surface area contributed by atoms with Crippen molar-refractivity contribution in [2.24, 2.45) is 16.5 Å². The van der Waals surface area contributed by atoms with Gasteiger partial charge in [-0.15, -0.1) is 0 Å². The minimum absolute atomic E-state index is 0.337. The normalized spacial score (nSPS) is 15.9. The van der Waals surface area contributed by atoms with Gasteiger partial charge in [0.25, 0.3) is 0 Å². The van der Waals surface area contributed by atoms with Crippen LogP contribution in [0.3, 0.4) is 0 Å². The molecule has 1 aromatic rings. The number of rotatable bonds is 3. The highest BCUT2D eigenvalue weighted by Crippen LogP contribution is 2.10. The number of carbonyl (C=O) groups is 1. The Morgan fingerprint density at radius 3 is 2.87 bits per heavy atom. The van der Waals surface area contributed by atoms with Gasteiger partial charge in [-0.3, -0.25) is 10.5 Å². The highest BCUT2D eigenvalue weighted by molar-refractivity contribution is 7.86. The molecule has 1 aromatic heterocycles. The average Bonchev–Trinajstić information content (AvgIpc) is 2.68. The minimum atomic E-state index is -1.36. The van der Waals surface area contributed by atoms with Crippen molar-refractivity contribution < 1.29 is 14.3 Å². The lowest BCUT2D eigenvalue weighted by Crippen LogP contribution is -2.31. The number of hydrogen-bond donors (Lipinski definition) is 4. The molecule has 1 heterocycles. The third-order valence-electron chi connectivity index (χ3n) is 1.44. The number of carboxylic acids is 1. The van der Waals surface area contributed by atoms with E-state index in [4.69, 9.17) is 25.8 Å². The Kier molecular flexibility index (Phi) is 3.58. The van der Waals surface area contributed by atoms with Crippen LogP contribution in [0.1, 0.15) is 0 Å². The van der Waals surface area contributed by atoms with Crippen LogP contribution in [-0.2, 0) is 15.5 Å². The van der Waals surface area contributed by atoms with Crippen molar-refractivity contribution in [1.82, 2.24) is 0 Å². The molecule has 8 heteroatoms. The van der Waals surface area contributed by atoms with Crippen LogP contribution in [0.4, 0.5) is 0 Å². The number of nitrogens with one attached hydrogen (secondary N) is 1. The van der Waals surface area contributed by atoms with Gasteiger partial charge in [-0.05, 0) is 12.1 Å². The summed E-state index contributed by atoms with van der Waals surface area (Å²) in [7, 11) is -1.25. The van der Waals surface area contributed by atoms with E-state index in [1.54, 1.807) is 12.1 Å². The average molecular weight is 230 g/mol. The molecule has 6 N–H and O–H groups in total. The lowest BCUT2D eigenvalue weighted by atomic mass is 10.6. The predicted molar refractivity (Wildman–Crippen MR) is 54.3 cm³/mol. The van der Waals surface area contributed by atoms with Crippen LogP contribution in [-0.4, -0.2) is 22.4 Å². The summed E-state index contributed by atoms with van der Waals surface area (Å²) in [5.41, 5.74) is 9.52. The molecular formula is C7H10N4O3S. The Hall–Kier alpha value is -1.67. The van der Waals surface area contributed by atoms with Crippen LogP contribution in [0.15, 0.2) is 32.9 Å². The van der Waals surface area contributed by atoms with Crippen LogP contribution >= 0.6 is 0 Å². The molecule has 2 unspecified atom stereocenters. The number of nitrogens with two attached hydrogens (primary N) is 2. The zero-order chi connectivity index (χ0) is 11.4. The maximum absolute atomic E-state index is 10.4. The van der Waals surface area contributed by atoms with Crippen molar-refractivity contribution in [1.29, 1.82) is 4.78 Å². The molecule has 0 radical (unpaired) electrons. The van der Waals surface area contributed by atoms with E-state index in [1.807, 2.05) is 0 Å². The molecule has 1 rings (SSSR count). The maximum Gasteiger partial charge on any atom is 0.371 e. The summed E-state index contributed by atoms with van der Waals surface area (Å²) in [4.78, 5) is 13.8. The second-order valence-electron chi connectivity index (χ2n) is 2.48. The minimum Gasteiger partial charge on any atom is -0.475 e. The van der Waals surface area contributed by atoms with Gasteiger partial charge in [0.1, 0.15) is 0 Å². The zero-order valence-corrected chi connectivity index (χ0v) is 8.40. The number of nitrogens with zero attached hydrogens (tertiary/aromatic N) is 1. The molecule has 15 heavy (non-hydrogen) atoms. The Morgan fingerprint density at radius 2 is 2.40 bits per heavy atom. The fourth-order valence-corrected chi connectivity index (χ4v) is 1.59. The van der Waals surface area contributed by atoms with E-state index in [1.165, 1.54) is 6.26 Å². The molecule has 0 saturated carbocycles. The molecule has 82 valence electrons. The first-order chi connectivity index (χ1) is 7.02. The largest absolute Gasteiger partial charge is 0.475 e. The number of furan rings is 1. The van der Waals surface area contributed by atoms with E-state index < -0.39 is 28.0 Å². The summed E-state index contributed by atoms with van der Waals surface area (Å²) < 4.78 is 12.6. The van der Waals surface area contributed by atoms with E-state index in [0.717, 1.165) is 0 Å². The third-order valence-corrected chi connectivity index (χ3v) is 2.69. The number of amidine groups is 1. The first-order valence-corrected chi connectivity index (χ1v) is 5.11. The van der Waals surface area contributed by atoms with E-state index in [0.29, 0.717) is 5.09 Å². The summed E-state index contributed by atoms with van der Waals surface area (Å²) in [6, 6.07) is 3.18. The summed E-state index contributed by atoms with van der Waals surface area (Å²) in [6.45, 7) is 0. The highest BCUT2D eigenvalue weighted by atomic mass is 32.2. The Morgan fingerprint density at radius 1 is 1.73 bits per heavy atom. The molecule has 0 aromatic carbocycles. The summed E-state index contributed by atoms with van der Waals surface area (Å²) >= 11 is 0. The van der Waals surface area contributed by atoms with Crippen LogP contribution in [0.25, 0.3) is 0 Å². The molecule has 2 atom stereocenters. The van der Waals surface area contributed by atoms with Gasteiger partial charge in [0.05, 0.1) is 6.26 Å². The lowest BCUT2D eigenvalue weighted by Gasteiger charge is -2.07. The second-order valence-corrected chi connectivity index (χ2v) is 4.04. The molecule has 0 amide bonds. The van der Waals surface area contributed by atoms with Crippen LogP contribution < -0.4 is 11.5 Å². The van der Waals surface area contributed by atoms with Crippen molar-refractivity contribution in [3.63, 3.8) is 0 Å². The molecule has 0 aliphatic heterocycles. The smallest absolute Gasteiger partial charge is 0.371 e.